The Kier molecular flexibility index (Phi) is 4.96. The number of piperidine rings is 1. The summed E-state index contributed by atoms with van der Waals surface area (Å²) in [5, 5.41) is 9.00. The second kappa shape index (κ2) is 6.97. The van der Waals surface area contributed by atoms with E-state index in [1.165, 1.54) is 9.80 Å². The molecule has 0 unspecified atom stereocenters. The number of carbonyl (C=O) groups is 1. The predicted molar refractivity (Wildman–Crippen MR) is 93.0 cm³/mol. The summed E-state index contributed by atoms with van der Waals surface area (Å²) in [6, 6.07) is 6.13. The van der Waals surface area contributed by atoms with Crippen LogP contribution in [0.1, 0.15) is 24.7 Å². The van der Waals surface area contributed by atoms with Crippen molar-refractivity contribution in [2.75, 3.05) is 19.3 Å². The summed E-state index contributed by atoms with van der Waals surface area (Å²) in [6.07, 6.45) is 4.37. The number of benzene rings is 1. The van der Waals surface area contributed by atoms with Gasteiger partial charge in [-0.3, -0.25) is 0 Å². The van der Waals surface area contributed by atoms with Crippen molar-refractivity contribution in [2.24, 2.45) is 0 Å². The number of hydrogen-bond acceptors (Lipinski definition) is 4. The standard InChI is InChI=1S/C16H17BrN2O3S/c1-23-14-3-2-11(8-12(14)17)13-9-22-15(18-13)10-4-6-19(7-5-10)16(20)21/h2-3,8-10H,4-7H2,1H3,(H,20,21). The molecule has 5 nitrogen and oxygen atoms in total. The minimum atomic E-state index is -0.852. The number of hydrogen-bond donors (Lipinski definition) is 1. The molecular formula is C16H17BrN2O3S. The fraction of sp³-hybridized carbons (Fsp3) is 0.375. The molecule has 3 rings (SSSR count). The van der Waals surface area contributed by atoms with E-state index in [0.29, 0.717) is 19.0 Å². The lowest BCUT2D eigenvalue weighted by molar-refractivity contribution is 0.129. The highest BCUT2D eigenvalue weighted by atomic mass is 79.9. The van der Waals surface area contributed by atoms with Crippen LogP contribution in [0.15, 0.2) is 38.2 Å². The second-order valence-electron chi connectivity index (χ2n) is 5.46. The average Bonchev–Trinajstić information content (AvgIpc) is 3.05. The first-order chi connectivity index (χ1) is 11.1. The van der Waals surface area contributed by atoms with E-state index in [-0.39, 0.29) is 5.92 Å². The van der Waals surface area contributed by atoms with Crippen molar-refractivity contribution in [1.82, 2.24) is 9.88 Å². The van der Waals surface area contributed by atoms with Gasteiger partial charge in [0.2, 0.25) is 0 Å². The SMILES string of the molecule is CSc1ccc(-c2coc(C3CCN(C(=O)O)CC3)n2)cc1Br. The molecule has 0 radical (unpaired) electrons. The third-order valence-corrected chi connectivity index (χ3v) is 5.80. The van der Waals surface area contributed by atoms with E-state index in [2.05, 4.69) is 27.0 Å². The van der Waals surface area contributed by atoms with Gasteiger partial charge in [0.05, 0.1) is 0 Å². The van der Waals surface area contributed by atoms with E-state index >= 15 is 0 Å². The summed E-state index contributed by atoms with van der Waals surface area (Å²) in [5.74, 6) is 0.892. The topological polar surface area (TPSA) is 66.6 Å². The molecule has 23 heavy (non-hydrogen) atoms. The molecule has 1 aromatic heterocycles. The van der Waals surface area contributed by atoms with Gasteiger partial charge in [-0.05, 0) is 47.2 Å². The van der Waals surface area contributed by atoms with Gasteiger partial charge in [0, 0.05) is 33.9 Å². The van der Waals surface area contributed by atoms with Crippen molar-refractivity contribution in [3.8, 4) is 11.3 Å². The Balaban J connectivity index is 1.74. The van der Waals surface area contributed by atoms with E-state index in [1.54, 1.807) is 18.0 Å². The molecule has 1 fully saturated rings. The Morgan fingerprint density at radius 2 is 2.17 bits per heavy atom. The molecule has 1 saturated heterocycles. The molecule has 7 heteroatoms. The summed E-state index contributed by atoms with van der Waals surface area (Å²) in [4.78, 5) is 18.2. The smallest absolute Gasteiger partial charge is 0.407 e. The minimum Gasteiger partial charge on any atom is -0.465 e. The number of carboxylic acid groups (broad SMARTS) is 1. The first kappa shape index (κ1) is 16.4. The zero-order valence-corrected chi connectivity index (χ0v) is 15.1. The van der Waals surface area contributed by atoms with Crippen LogP contribution in [0.3, 0.4) is 0 Å². The largest absolute Gasteiger partial charge is 0.465 e. The molecule has 1 aliphatic rings. The molecule has 1 N–H and O–H groups in total. The number of thioether (sulfide) groups is 1. The number of nitrogens with zero attached hydrogens (tertiary/aromatic N) is 2. The van der Waals surface area contributed by atoms with Gasteiger partial charge >= 0.3 is 6.09 Å². The predicted octanol–water partition coefficient (Wildman–Crippen LogP) is 4.68. The van der Waals surface area contributed by atoms with Crippen LogP contribution in [0.25, 0.3) is 11.3 Å². The normalized spacial score (nSPS) is 15.8. The van der Waals surface area contributed by atoms with Crippen molar-refractivity contribution in [3.63, 3.8) is 0 Å². The maximum absolute atomic E-state index is 11.0. The highest BCUT2D eigenvalue weighted by Crippen LogP contribution is 2.33. The Morgan fingerprint density at radius 3 is 2.78 bits per heavy atom. The molecule has 0 atom stereocenters. The Hall–Kier alpha value is -1.47. The third kappa shape index (κ3) is 3.55. The van der Waals surface area contributed by atoms with Crippen LogP contribution in [0.5, 0.6) is 0 Å². The number of amides is 1. The third-order valence-electron chi connectivity index (χ3n) is 4.08. The van der Waals surface area contributed by atoms with Gasteiger partial charge in [0.15, 0.2) is 5.89 Å². The molecule has 0 saturated carbocycles. The number of likely N-dealkylation sites (tertiary alicyclic amines) is 1. The van der Waals surface area contributed by atoms with Gasteiger partial charge in [0.1, 0.15) is 12.0 Å². The van der Waals surface area contributed by atoms with Crippen LogP contribution in [-0.4, -0.2) is 40.4 Å². The van der Waals surface area contributed by atoms with E-state index in [9.17, 15) is 4.79 Å². The molecule has 0 aliphatic carbocycles. The Morgan fingerprint density at radius 1 is 1.43 bits per heavy atom. The summed E-state index contributed by atoms with van der Waals surface area (Å²) >= 11 is 5.25. The number of oxazole rings is 1. The molecule has 1 aromatic carbocycles. The molecule has 122 valence electrons. The quantitative estimate of drug-likeness (QED) is 0.762. The maximum Gasteiger partial charge on any atom is 0.407 e. The van der Waals surface area contributed by atoms with Crippen molar-refractivity contribution in [1.29, 1.82) is 0 Å². The van der Waals surface area contributed by atoms with Crippen molar-refractivity contribution in [3.05, 3.63) is 34.8 Å². The number of rotatable bonds is 3. The average molecular weight is 397 g/mol. The van der Waals surface area contributed by atoms with E-state index in [1.807, 2.05) is 18.4 Å². The lowest BCUT2D eigenvalue weighted by Gasteiger charge is -2.28. The Bertz CT molecular complexity index is 711. The van der Waals surface area contributed by atoms with Crippen LogP contribution in [0, 0.1) is 0 Å². The minimum absolute atomic E-state index is 0.188. The van der Waals surface area contributed by atoms with Crippen LogP contribution < -0.4 is 0 Å². The molecule has 0 bridgehead atoms. The monoisotopic (exact) mass is 396 g/mol. The van der Waals surface area contributed by atoms with E-state index in [0.717, 1.165) is 28.6 Å². The maximum atomic E-state index is 11.0. The fourth-order valence-corrected chi connectivity index (χ4v) is 4.07. The van der Waals surface area contributed by atoms with Gasteiger partial charge < -0.3 is 14.4 Å². The molecule has 2 aromatic rings. The molecule has 0 spiro atoms. The van der Waals surface area contributed by atoms with Crippen molar-refractivity contribution in [2.45, 2.75) is 23.7 Å². The molecule has 2 heterocycles. The zero-order valence-electron chi connectivity index (χ0n) is 12.7. The first-order valence-electron chi connectivity index (χ1n) is 7.35. The summed E-state index contributed by atoms with van der Waals surface area (Å²) in [7, 11) is 0. The highest BCUT2D eigenvalue weighted by molar-refractivity contribution is 9.10. The molecular weight excluding hydrogens is 380 g/mol. The van der Waals surface area contributed by atoms with E-state index in [4.69, 9.17) is 9.52 Å². The number of halogens is 1. The fourth-order valence-electron chi connectivity index (χ4n) is 2.75. The summed E-state index contributed by atoms with van der Waals surface area (Å²) in [6.45, 7) is 1.07. The van der Waals surface area contributed by atoms with Crippen LogP contribution in [0.2, 0.25) is 0 Å². The van der Waals surface area contributed by atoms with Gasteiger partial charge in [0.25, 0.3) is 0 Å². The van der Waals surface area contributed by atoms with Gasteiger partial charge in [-0.2, -0.15) is 0 Å². The van der Waals surface area contributed by atoms with Gasteiger partial charge in [-0.1, -0.05) is 6.07 Å². The lowest BCUT2D eigenvalue weighted by Crippen LogP contribution is -2.36. The van der Waals surface area contributed by atoms with Crippen LogP contribution in [0.4, 0.5) is 4.79 Å². The second-order valence-corrected chi connectivity index (χ2v) is 7.17. The van der Waals surface area contributed by atoms with Crippen molar-refractivity contribution >= 4 is 33.8 Å². The van der Waals surface area contributed by atoms with Crippen LogP contribution in [-0.2, 0) is 0 Å². The van der Waals surface area contributed by atoms with Crippen molar-refractivity contribution < 1.29 is 14.3 Å². The molecule has 1 amide bonds. The summed E-state index contributed by atoms with van der Waals surface area (Å²) in [5.41, 5.74) is 1.82. The van der Waals surface area contributed by atoms with Gasteiger partial charge in [-0.25, -0.2) is 9.78 Å². The lowest BCUT2D eigenvalue weighted by atomic mass is 9.97. The van der Waals surface area contributed by atoms with Gasteiger partial charge in [-0.15, -0.1) is 11.8 Å². The van der Waals surface area contributed by atoms with Crippen LogP contribution >= 0.6 is 27.7 Å². The number of aromatic nitrogens is 1. The zero-order chi connectivity index (χ0) is 16.4. The first-order valence-corrected chi connectivity index (χ1v) is 9.37. The molecule has 1 aliphatic heterocycles. The highest BCUT2D eigenvalue weighted by Gasteiger charge is 2.26. The Labute approximate surface area is 147 Å². The summed E-state index contributed by atoms with van der Waals surface area (Å²) < 4.78 is 6.70. The van der Waals surface area contributed by atoms with E-state index < -0.39 is 6.09 Å².